The van der Waals surface area contributed by atoms with Crippen LogP contribution in [0.1, 0.15) is 86.5 Å². The van der Waals surface area contributed by atoms with Crippen molar-refractivity contribution in [1.29, 1.82) is 5.26 Å². The van der Waals surface area contributed by atoms with Gasteiger partial charge in [-0.05, 0) is 104 Å². The van der Waals surface area contributed by atoms with E-state index in [1.54, 1.807) is 0 Å². The number of benzene rings is 3. The smallest absolute Gasteiger partial charge is 0.157 e. The van der Waals surface area contributed by atoms with E-state index in [1.807, 2.05) is 12.1 Å². The van der Waals surface area contributed by atoms with Crippen LogP contribution in [0.5, 0.6) is 0 Å². The molecule has 0 N–H and O–H groups in total. The lowest BCUT2D eigenvalue weighted by Crippen LogP contribution is -2.16. The Labute approximate surface area is 263 Å². The summed E-state index contributed by atoms with van der Waals surface area (Å²) >= 11 is 0. The first kappa shape index (κ1) is 32.2. The van der Waals surface area contributed by atoms with E-state index in [1.165, 1.54) is 28.1 Å². The maximum absolute atomic E-state index is 9.23. The average Bonchev–Trinajstić information content (AvgIpc) is 3.79. The third-order valence-electron chi connectivity index (χ3n) is 8.52. The van der Waals surface area contributed by atoms with E-state index in [2.05, 4.69) is 71.6 Å². The Bertz CT molecular complexity index is 1190. The molecular formula is C38H48N2O4. The summed E-state index contributed by atoms with van der Waals surface area (Å²) in [5.74, 6) is 0. The number of unbranched alkanes of at least 4 members (excludes halogenated alkanes) is 4. The second-order valence-electron chi connectivity index (χ2n) is 12.0. The van der Waals surface area contributed by atoms with Crippen molar-refractivity contribution in [3.63, 3.8) is 0 Å². The summed E-state index contributed by atoms with van der Waals surface area (Å²) in [6, 6.07) is 28.2. The quantitative estimate of drug-likeness (QED) is 0.137. The van der Waals surface area contributed by atoms with Crippen molar-refractivity contribution in [3.05, 3.63) is 95.1 Å². The number of nitriles is 1. The van der Waals surface area contributed by atoms with Crippen LogP contribution in [-0.4, -0.2) is 39.0 Å². The van der Waals surface area contributed by atoms with Gasteiger partial charge in [-0.2, -0.15) is 5.26 Å². The molecule has 2 heterocycles. The molecule has 2 unspecified atom stereocenters. The number of nitrogens with zero attached hydrogens (tertiary/aromatic N) is 2. The SMILES string of the molecule is N#Cc1ccc(CN(c2ccc(CCCCCOC3CCCO3)cc2)c2ccc(CCCCCOC3CCCO3)cc2)cc1. The van der Waals surface area contributed by atoms with Crippen molar-refractivity contribution in [1.82, 2.24) is 0 Å². The fraction of sp³-hybridized carbons (Fsp3) is 0.500. The molecular weight excluding hydrogens is 548 g/mol. The number of ether oxygens (including phenoxy) is 4. The molecule has 6 heteroatoms. The van der Waals surface area contributed by atoms with Crippen LogP contribution in [0.15, 0.2) is 72.8 Å². The van der Waals surface area contributed by atoms with Crippen molar-refractivity contribution in [2.45, 2.75) is 96.2 Å². The highest BCUT2D eigenvalue weighted by Crippen LogP contribution is 2.29. The highest BCUT2D eigenvalue weighted by atomic mass is 16.7. The number of anilines is 2. The van der Waals surface area contributed by atoms with E-state index in [0.717, 1.165) is 110 Å². The molecule has 2 atom stereocenters. The largest absolute Gasteiger partial charge is 0.353 e. The Kier molecular flexibility index (Phi) is 13.1. The van der Waals surface area contributed by atoms with Crippen LogP contribution in [-0.2, 0) is 38.3 Å². The first-order valence-corrected chi connectivity index (χ1v) is 16.7. The molecule has 6 nitrogen and oxygen atoms in total. The molecule has 0 aromatic heterocycles. The molecule has 2 aliphatic rings. The van der Waals surface area contributed by atoms with Gasteiger partial charge in [0.15, 0.2) is 12.6 Å². The zero-order valence-electron chi connectivity index (χ0n) is 26.1. The number of aryl methyl sites for hydroxylation is 2. The van der Waals surface area contributed by atoms with Gasteiger partial charge in [0.05, 0.1) is 11.6 Å². The minimum absolute atomic E-state index is 0.0264. The van der Waals surface area contributed by atoms with Crippen molar-refractivity contribution in [3.8, 4) is 6.07 Å². The lowest BCUT2D eigenvalue weighted by molar-refractivity contribution is -0.111. The lowest BCUT2D eigenvalue weighted by Gasteiger charge is -2.26. The molecule has 0 radical (unpaired) electrons. The van der Waals surface area contributed by atoms with Crippen LogP contribution in [0, 0.1) is 11.3 Å². The molecule has 0 saturated carbocycles. The van der Waals surface area contributed by atoms with E-state index >= 15 is 0 Å². The van der Waals surface area contributed by atoms with Crippen LogP contribution in [0.25, 0.3) is 0 Å². The third kappa shape index (κ3) is 10.5. The maximum atomic E-state index is 9.23. The Balaban J connectivity index is 1.12. The van der Waals surface area contributed by atoms with Crippen molar-refractivity contribution in [2.24, 2.45) is 0 Å². The van der Waals surface area contributed by atoms with E-state index in [0.29, 0.717) is 5.56 Å². The molecule has 2 fully saturated rings. The summed E-state index contributed by atoms with van der Waals surface area (Å²) in [5, 5.41) is 9.23. The summed E-state index contributed by atoms with van der Waals surface area (Å²) in [5.41, 5.74) is 6.93. The van der Waals surface area contributed by atoms with Gasteiger partial charge in [0.2, 0.25) is 0 Å². The van der Waals surface area contributed by atoms with E-state index in [4.69, 9.17) is 18.9 Å². The van der Waals surface area contributed by atoms with Gasteiger partial charge in [0.25, 0.3) is 0 Å². The zero-order chi connectivity index (χ0) is 30.2. The van der Waals surface area contributed by atoms with Crippen LogP contribution < -0.4 is 4.90 Å². The second-order valence-corrected chi connectivity index (χ2v) is 12.0. The second kappa shape index (κ2) is 17.9. The maximum Gasteiger partial charge on any atom is 0.157 e. The fourth-order valence-corrected chi connectivity index (χ4v) is 5.89. The molecule has 3 aromatic rings. The van der Waals surface area contributed by atoms with Crippen LogP contribution in [0.3, 0.4) is 0 Å². The van der Waals surface area contributed by atoms with Gasteiger partial charge in [-0.15, -0.1) is 0 Å². The standard InChI is InChI=1S/C38H48N2O4/c39-29-33-13-15-34(16-14-33)30-40(35-21-17-31(18-22-35)9-3-1-5-25-41-37-11-7-27-43-37)36-23-19-32(20-24-36)10-4-2-6-26-42-38-12-8-28-44-38/h13-24,37-38H,1-12,25-28,30H2. The molecule has 2 saturated heterocycles. The highest BCUT2D eigenvalue weighted by molar-refractivity contribution is 5.64. The topological polar surface area (TPSA) is 64.0 Å². The van der Waals surface area contributed by atoms with E-state index in [-0.39, 0.29) is 12.6 Å². The molecule has 0 amide bonds. The predicted molar refractivity (Wildman–Crippen MR) is 175 cm³/mol. The first-order valence-electron chi connectivity index (χ1n) is 16.7. The van der Waals surface area contributed by atoms with E-state index < -0.39 is 0 Å². The van der Waals surface area contributed by atoms with Crippen molar-refractivity contribution >= 4 is 11.4 Å². The number of rotatable bonds is 18. The minimum Gasteiger partial charge on any atom is -0.353 e. The fourth-order valence-electron chi connectivity index (χ4n) is 5.89. The molecule has 2 aliphatic heterocycles. The van der Waals surface area contributed by atoms with Gasteiger partial charge >= 0.3 is 0 Å². The van der Waals surface area contributed by atoms with Crippen LogP contribution >= 0.6 is 0 Å². The Morgan fingerprint density at radius 1 is 0.614 bits per heavy atom. The summed E-state index contributed by atoms with van der Waals surface area (Å²) < 4.78 is 22.7. The Hall–Kier alpha value is -3.21. The van der Waals surface area contributed by atoms with E-state index in [9.17, 15) is 5.26 Å². The molecule has 5 rings (SSSR count). The van der Waals surface area contributed by atoms with Gasteiger partial charge in [0.1, 0.15) is 0 Å². The van der Waals surface area contributed by atoms with Crippen LogP contribution in [0.4, 0.5) is 11.4 Å². The summed E-state index contributed by atoms with van der Waals surface area (Å²) in [6.45, 7) is 3.99. The first-order chi connectivity index (χ1) is 21.8. The van der Waals surface area contributed by atoms with Gasteiger partial charge < -0.3 is 23.8 Å². The molecule has 0 bridgehead atoms. The predicted octanol–water partition coefficient (Wildman–Crippen LogP) is 8.63. The highest BCUT2D eigenvalue weighted by Gasteiger charge is 2.16. The zero-order valence-corrected chi connectivity index (χ0v) is 26.1. The number of hydrogen-bond acceptors (Lipinski definition) is 6. The number of hydrogen-bond donors (Lipinski definition) is 0. The van der Waals surface area contributed by atoms with Gasteiger partial charge in [-0.25, -0.2) is 0 Å². The Morgan fingerprint density at radius 2 is 1.09 bits per heavy atom. The summed E-state index contributed by atoms with van der Waals surface area (Å²) in [4.78, 5) is 2.36. The third-order valence-corrected chi connectivity index (χ3v) is 8.52. The van der Waals surface area contributed by atoms with Gasteiger partial charge in [-0.1, -0.05) is 49.2 Å². The minimum atomic E-state index is 0.0264. The molecule has 44 heavy (non-hydrogen) atoms. The Morgan fingerprint density at radius 3 is 1.52 bits per heavy atom. The van der Waals surface area contributed by atoms with Gasteiger partial charge in [-0.3, -0.25) is 0 Å². The lowest BCUT2D eigenvalue weighted by atomic mass is 10.0. The normalized spacial score (nSPS) is 18.0. The molecule has 0 spiro atoms. The van der Waals surface area contributed by atoms with Gasteiger partial charge in [0, 0.05) is 57.2 Å². The summed E-state index contributed by atoms with van der Waals surface area (Å²) in [6.07, 6.45) is 13.3. The molecule has 234 valence electrons. The van der Waals surface area contributed by atoms with Crippen molar-refractivity contribution < 1.29 is 18.9 Å². The van der Waals surface area contributed by atoms with Crippen molar-refractivity contribution in [2.75, 3.05) is 31.3 Å². The molecule has 0 aliphatic carbocycles. The summed E-state index contributed by atoms with van der Waals surface area (Å²) in [7, 11) is 0. The molecule has 3 aromatic carbocycles. The monoisotopic (exact) mass is 596 g/mol. The average molecular weight is 597 g/mol. The van der Waals surface area contributed by atoms with Crippen LogP contribution in [0.2, 0.25) is 0 Å².